The van der Waals surface area contributed by atoms with Crippen molar-refractivity contribution in [1.82, 2.24) is 9.88 Å². The highest BCUT2D eigenvalue weighted by atomic mass is 32.1. The third-order valence-electron chi connectivity index (χ3n) is 6.48. The van der Waals surface area contributed by atoms with E-state index in [1.165, 1.54) is 49.0 Å². The van der Waals surface area contributed by atoms with Crippen LogP contribution in [-0.4, -0.2) is 16.4 Å². The average Bonchev–Trinajstić information content (AvgIpc) is 3.24. The Morgan fingerprint density at radius 1 is 0.903 bits per heavy atom. The average molecular weight is 421 g/mol. The van der Waals surface area contributed by atoms with Gasteiger partial charge in [-0.1, -0.05) is 60.7 Å². The monoisotopic (exact) mass is 420 g/mol. The number of aryl methyl sites for hydroxylation is 1. The summed E-state index contributed by atoms with van der Waals surface area (Å²) in [6.45, 7) is 5.21. The van der Waals surface area contributed by atoms with Gasteiger partial charge in [0.15, 0.2) is 0 Å². The largest absolute Gasteiger partial charge is 0.294 e. The van der Waals surface area contributed by atoms with Crippen molar-refractivity contribution in [2.24, 2.45) is 0 Å². The van der Waals surface area contributed by atoms with Crippen LogP contribution in [0.15, 0.2) is 78.2 Å². The summed E-state index contributed by atoms with van der Waals surface area (Å²) < 4.78 is 0. The molecule has 0 saturated carbocycles. The van der Waals surface area contributed by atoms with Crippen molar-refractivity contribution in [3.8, 4) is 10.6 Å². The van der Waals surface area contributed by atoms with Gasteiger partial charge in [0.05, 0.1) is 16.1 Å². The predicted octanol–water partition coefficient (Wildman–Crippen LogP) is 6.98. The highest BCUT2D eigenvalue weighted by molar-refractivity contribution is 7.13. The van der Waals surface area contributed by atoms with Gasteiger partial charge in [-0.15, -0.1) is 11.3 Å². The quantitative estimate of drug-likeness (QED) is 0.293. The van der Waals surface area contributed by atoms with E-state index in [0.29, 0.717) is 0 Å². The lowest BCUT2D eigenvalue weighted by atomic mass is 9.90. The van der Waals surface area contributed by atoms with E-state index in [4.69, 9.17) is 4.98 Å². The number of fused-ring (bicyclic) bond motifs is 5. The van der Waals surface area contributed by atoms with Gasteiger partial charge in [0.25, 0.3) is 0 Å². The molecule has 2 nitrogen and oxygen atoms in total. The third-order valence-corrected chi connectivity index (χ3v) is 7.50. The molecule has 152 valence electrons. The molecule has 0 spiro atoms. The van der Waals surface area contributed by atoms with Crippen LogP contribution in [0, 0.1) is 6.92 Å². The molecule has 0 fully saturated rings. The first-order valence-electron chi connectivity index (χ1n) is 10.9. The summed E-state index contributed by atoms with van der Waals surface area (Å²) in [4.78, 5) is 9.15. The number of hydrogen-bond acceptors (Lipinski definition) is 3. The number of thiophene rings is 1. The van der Waals surface area contributed by atoms with E-state index in [9.17, 15) is 0 Å². The third kappa shape index (κ3) is 3.25. The Morgan fingerprint density at radius 2 is 1.74 bits per heavy atom. The molecule has 0 saturated heterocycles. The number of nitrogens with zero attached hydrogens (tertiary/aromatic N) is 2. The number of aromatic nitrogens is 1. The minimum atomic E-state index is 0.947. The molecule has 6 rings (SSSR count). The van der Waals surface area contributed by atoms with Gasteiger partial charge < -0.3 is 0 Å². The Kier molecular flexibility index (Phi) is 4.59. The number of pyridine rings is 1. The molecule has 5 aromatic rings. The zero-order valence-corrected chi connectivity index (χ0v) is 18.5. The summed E-state index contributed by atoms with van der Waals surface area (Å²) in [7, 11) is 0. The predicted molar refractivity (Wildman–Crippen MR) is 132 cm³/mol. The molecule has 3 heterocycles. The smallest absolute Gasteiger partial charge is 0.0859 e. The molecule has 31 heavy (non-hydrogen) atoms. The summed E-state index contributed by atoms with van der Waals surface area (Å²) in [5.41, 5.74) is 7.91. The standard InChI is InChI=1S/C28H24N2S/c1-19-14-16-31-28(19)27-24-18-30(17-20-7-3-2-4-8-20)15-13-23(24)26-22-10-6-5-9-21(22)11-12-25(26)29-27/h2-12,14,16H,13,15,17-18H2,1H3. The number of hydrogen-bond donors (Lipinski definition) is 0. The Hall–Kier alpha value is -3.01. The highest BCUT2D eigenvalue weighted by Gasteiger charge is 2.25. The van der Waals surface area contributed by atoms with Crippen LogP contribution >= 0.6 is 11.3 Å². The first kappa shape index (κ1) is 18.7. The minimum Gasteiger partial charge on any atom is -0.294 e. The lowest BCUT2D eigenvalue weighted by molar-refractivity contribution is 0.246. The maximum absolute atomic E-state index is 5.27. The van der Waals surface area contributed by atoms with Crippen LogP contribution in [0.1, 0.15) is 22.3 Å². The van der Waals surface area contributed by atoms with Crippen molar-refractivity contribution in [3.05, 3.63) is 100 Å². The lowest BCUT2D eigenvalue weighted by Crippen LogP contribution is -2.31. The van der Waals surface area contributed by atoms with Crippen LogP contribution in [0.5, 0.6) is 0 Å². The molecule has 2 aromatic heterocycles. The zero-order chi connectivity index (χ0) is 20.8. The van der Waals surface area contributed by atoms with Crippen molar-refractivity contribution in [2.75, 3.05) is 6.54 Å². The molecule has 0 aliphatic carbocycles. The van der Waals surface area contributed by atoms with E-state index in [-0.39, 0.29) is 0 Å². The fourth-order valence-electron chi connectivity index (χ4n) is 4.95. The van der Waals surface area contributed by atoms with Crippen molar-refractivity contribution < 1.29 is 0 Å². The summed E-state index contributed by atoms with van der Waals surface area (Å²) in [6, 6.07) is 26.2. The summed E-state index contributed by atoms with van der Waals surface area (Å²) in [5, 5.41) is 6.17. The Labute approximate surface area is 186 Å². The van der Waals surface area contributed by atoms with Crippen molar-refractivity contribution in [1.29, 1.82) is 0 Å². The Bertz CT molecular complexity index is 1400. The van der Waals surface area contributed by atoms with Crippen LogP contribution in [-0.2, 0) is 19.5 Å². The van der Waals surface area contributed by atoms with Crippen LogP contribution < -0.4 is 0 Å². The Balaban J connectivity index is 1.56. The van der Waals surface area contributed by atoms with E-state index < -0.39 is 0 Å². The first-order chi connectivity index (χ1) is 15.3. The second-order valence-corrected chi connectivity index (χ2v) is 9.39. The van der Waals surface area contributed by atoms with Crippen molar-refractivity contribution in [3.63, 3.8) is 0 Å². The summed E-state index contributed by atoms with van der Waals surface area (Å²) >= 11 is 1.81. The molecule has 3 aromatic carbocycles. The van der Waals surface area contributed by atoms with Gasteiger partial charge in [-0.2, -0.15) is 0 Å². The maximum atomic E-state index is 5.27. The van der Waals surface area contributed by atoms with E-state index in [1.54, 1.807) is 0 Å². The molecule has 3 heteroatoms. The lowest BCUT2D eigenvalue weighted by Gasteiger charge is -2.31. The number of rotatable bonds is 3. The van der Waals surface area contributed by atoms with Crippen molar-refractivity contribution >= 4 is 33.0 Å². The first-order valence-corrected chi connectivity index (χ1v) is 11.8. The molecular weight excluding hydrogens is 396 g/mol. The molecular formula is C28H24N2S. The van der Waals surface area contributed by atoms with Gasteiger partial charge in [0, 0.05) is 25.0 Å². The second kappa shape index (κ2) is 7.60. The van der Waals surface area contributed by atoms with Crippen LogP contribution in [0.25, 0.3) is 32.2 Å². The van der Waals surface area contributed by atoms with Crippen LogP contribution in [0.2, 0.25) is 0 Å². The van der Waals surface area contributed by atoms with E-state index in [0.717, 1.165) is 31.6 Å². The minimum absolute atomic E-state index is 0.947. The molecule has 0 N–H and O–H groups in total. The molecule has 0 bridgehead atoms. The maximum Gasteiger partial charge on any atom is 0.0859 e. The van der Waals surface area contributed by atoms with Crippen LogP contribution in [0.3, 0.4) is 0 Å². The Morgan fingerprint density at radius 3 is 2.58 bits per heavy atom. The molecule has 1 aliphatic rings. The molecule has 0 amide bonds. The highest BCUT2D eigenvalue weighted by Crippen LogP contribution is 2.39. The fourth-order valence-corrected chi connectivity index (χ4v) is 5.89. The van der Waals surface area contributed by atoms with Crippen molar-refractivity contribution in [2.45, 2.75) is 26.4 Å². The van der Waals surface area contributed by atoms with E-state index >= 15 is 0 Å². The summed E-state index contributed by atoms with van der Waals surface area (Å²) in [6.07, 6.45) is 1.06. The summed E-state index contributed by atoms with van der Waals surface area (Å²) in [5.74, 6) is 0. The van der Waals surface area contributed by atoms with Crippen LogP contribution in [0.4, 0.5) is 0 Å². The van der Waals surface area contributed by atoms with Gasteiger partial charge in [-0.3, -0.25) is 4.90 Å². The SMILES string of the molecule is Cc1ccsc1-c1nc2ccc3ccccc3c2c2c1CN(Cc1ccccc1)CC2. The fraction of sp³-hybridized carbons (Fsp3) is 0.179. The van der Waals surface area contributed by atoms with Gasteiger partial charge >= 0.3 is 0 Å². The van der Waals surface area contributed by atoms with Gasteiger partial charge in [-0.25, -0.2) is 4.98 Å². The second-order valence-electron chi connectivity index (χ2n) is 8.48. The van der Waals surface area contributed by atoms with Gasteiger partial charge in [0.1, 0.15) is 0 Å². The molecule has 1 aliphatic heterocycles. The molecule has 0 unspecified atom stereocenters. The zero-order valence-electron chi connectivity index (χ0n) is 17.6. The topological polar surface area (TPSA) is 16.1 Å². The van der Waals surface area contributed by atoms with E-state index in [2.05, 4.69) is 90.0 Å². The normalized spacial score (nSPS) is 14.2. The van der Waals surface area contributed by atoms with Gasteiger partial charge in [0.2, 0.25) is 0 Å². The van der Waals surface area contributed by atoms with E-state index in [1.807, 2.05) is 11.3 Å². The van der Waals surface area contributed by atoms with Gasteiger partial charge in [-0.05, 0) is 63.9 Å². The molecule has 0 radical (unpaired) electrons. The molecule has 0 atom stereocenters. The number of benzene rings is 3.